The van der Waals surface area contributed by atoms with Crippen molar-refractivity contribution in [3.63, 3.8) is 0 Å². The van der Waals surface area contributed by atoms with Crippen LogP contribution in [0.1, 0.15) is 19.8 Å². The highest BCUT2D eigenvalue weighted by molar-refractivity contribution is 7.92. The molecule has 1 aromatic carbocycles. The number of nitrogens with zero attached hydrogens (tertiary/aromatic N) is 4. The molecule has 1 fully saturated rings. The number of benzene rings is 1. The van der Waals surface area contributed by atoms with Crippen LogP contribution in [0, 0.1) is 5.41 Å². The molecule has 35 heavy (non-hydrogen) atoms. The molecular weight excluding hydrogens is 490 g/mol. The number of sulfonamides is 2. The van der Waals surface area contributed by atoms with Crippen molar-refractivity contribution in [1.82, 2.24) is 13.7 Å². The number of fused-ring (bicyclic) bond motifs is 1. The van der Waals surface area contributed by atoms with E-state index in [0.717, 1.165) is 36.1 Å². The van der Waals surface area contributed by atoms with Gasteiger partial charge in [-0.25, -0.2) is 26.1 Å². The maximum Gasteiger partial charge on any atom is 0.262 e. The molecular formula is C23H31N5O5S2. The van der Waals surface area contributed by atoms with E-state index < -0.39 is 20.0 Å². The molecule has 3 heterocycles. The first-order valence-corrected chi connectivity index (χ1v) is 14.1. The van der Waals surface area contributed by atoms with Gasteiger partial charge in [-0.05, 0) is 54.7 Å². The van der Waals surface area contributed by atoms with Crippen molar-refractivity contribution in [2.45, 2.75) is 29.6 Å². The first-order valence-electron chi connectivity index (χ1n) is 11.2. The molecule has 1 N–H and O–H groups in total. The van der Waals surface area contributed by atoms with Crippen molar-refractivity contribution in [3.8, 4) is 0 Å². The highest BCUT2D eigenvalue weighted by Gasteiger charge is 2.32. The summed E-state index contributed by atoms with van der Waals surface area (Å²) in [7, 11) is -3.08. The molecule has 12 heteroatoms. The minimum Gasteiger partial charge on any atom is -0.384 e. The van der Waals surface area contributed by atoms with Crippen molar-refractivity contribution in [2.75, 3.05) is 50.5 Å². The molecule has 0 bridgehead atoms. The van der Waals surface area contributed by atoms with Crippen LogP contribution in [0.3, 0.4) is 0 Å². The normalized spacial score (nSPS) is 16.7. The van der Waals surface area contributed by atoms with Crippen LogP contribution >= 0.6 is 0 Å². The van der Waals surface area contributed by atoms with Crippen LogP contribution in [-0.4, -0.2) is 71.4 Å². The highest BCUT2D eigenvalue weighted by Crippen LogP contribution is 2.37. The first-order chi connectivity index (χ1) is 16.5. The summed E-state index contributed by atoms with van der Waals surface area (Å²) < 4.78 is 62.2. The van der Waals surface area contributed by atoms with Crippen molar-refractivity contribution >= 4 is 37.2 Å². The second-order valence-corrected chi connectivity index (χ2v) is 13.2. The van der Waals surface area contributed by atoms with Gasteiger partial charge in [0.15, 0.2) is 0 Å². The second-order valence-electron chi connectivity index (χ2n) is 9.32. The van der Waals surface area contributed by atoms with Gasteiger partial charge in [0.05, 0.1) is 22.1 Å². The summed E-state index contributed by atoms with van der Waals surface area (Å²) in [4.78, 5) is 6.51. The Bertz CT molecular complexity index is 1410. The Kier molecular flexibility index (Phi) is 6.84. The van der Waals surface area contributed by atoms with E-state index in [1.807, 2.05) is 10.6 Å². The van der Waals surface area contributed by atoms with Crippen molar-refractivity contribution in [2.24, 2.45) is 5.41 Å². The SMILES string of the molecule is COCC1(C)CCN(c2c(NS(=O)(=O)c3ccc(S(=O)(=O)N(C)C)cc3)ccc3nccn23)CC1. The molecule has 1 saturated heterocycles. The number of nitrogens with one attached hydrogen (secondary N) is 1. The molecule has 3 aromatic rings. The lowest BCUT2D eigenvalue weighted by Gasteiger charge is -2.40. The number of methoxy groups -OCH3 is 1. The van der Waals surface area contributed by atoms with Crippen LogP contribution in [0.15, 0.2) is 58.6 Å². The van der Waals surface area contributed by atoms with Gasteiger partial charge in [-0.1, -0.05) is 6.92 Å². The molecule has 0 amide bonds. The van der Waals surface area contributed by atoms with Crippen molar-refractivity contribution in [1.29, 1.82) is 0 Å². The predicted octanol–water partition coefficient (Wildman–Crippen LogP) is 2.64. The van der Waals surface area contributed by atoms with Crippen LogP contribution in [0.5, 0.6) is 0 Å². The van der Waals surface area contributed by atoms with Gasteiger partial charge < -0.3 is 9.64 Å². The van der Waals surface area contributed by atoms with Crippen molar-refractivity contribution < 1.29 is 21.6 Å². The summed E-state index contributed by atoms with van der Waals surface area (Å²) in [5.41, 5.74) is 1.21. The number of hydrogen-bond acceptors (Lipinski definition) is 7. The fourth-order valence-corrected chi connectivity index (χ4v) is 6.30. The van der Waals surface area contributed by atoms with Crippen LogP contribution in [0.25, 0.3) is 5.65 Å². The molecule has 0 radical (unpaired) electrons. The first kappa shape index (κ1) is 25.4. The zero-order valence-corrected chi connectivity index (χ0v) is 21.9. The molecule has 0 saturated carbocycles. The summed E-state index contributed by atoms with van der Waals surface area (Å²) in [5.74, 6) is 0.717. The minimum atomic E-state index is -3.98. The van der Waals surface area contributed by atoms with Gasteiger partial charge in [-0.15, -0.1) is 0 Å². The van der Waals surface area contributed by atoms with Gasteiger partial charge in [0, 0.05) is 46.7 Å². The lowest BCUT2D eigenvalue weighted by atomic mass is 9.81. The Morgan fingerprint density at radius 1 is 1.03 bits per heavy atom. The summed E-state index contributed by atoms with van der Waals surface area (Å²) in [5, 5.41) is 0. The van der Waals surface area contributed by atoms with Crippen LogP contribution in [0.4, 0.5) is 11.5 Å². The fourth-order valence-electron chi connectivity index (χ4n) is 4.34. The summed E-state index contributed by atoms with van der Waals surface area (Å²) >= 11 is 0. The third-order valence-electron chi connectivity index (χ3n) is 6.46. The molecule has 4 rings (SSSR count). The Labute approximate surface area is 206 Å². The Hall–Kier alpha value is -2.67. The van der Waals surface area contributed by atoms with Gasteiger partial charge in [0.25, 0.3) is 10.0 Å². The average Bonchev–Trinajstić information content (AvgIpc) is 3.28. The summed E-state index contributed by atoms with van der Waals surface area (Å²) in [6.07, 6.45) is 5.30. The van der Waals surface area contributed by atoms with Gasteiger partial charge in [-0.3, -0.25) is 9.12 Å². The molecule has 0 unspecified atom stereocenters. The van der Waals surface area contributed by atoms with Gasteiger partial charge in [-0.2, -0.15) is 0 Å². The largest absolute Gasteiger partial charge is 0.384 e. The topological polar surface area (TPSA) is 113 Å². The lowest BCUT2D eigenvalue weighted by molar-refractivity contribution is 0.0730. The van der Waals surface area contributed by atoms with E-state index in [2.05, 4.69) is 21.5 Å². The summed E-state index contributed by atoms with van der Waals surface area (Å²) in [6, 6.07) is 8.66. The van der Waals surface area contributed by atoms with Crippen molar-refractivity contribution in [3.05, 3.63) is 48.8 Å². The number of rotatable bonds is 8. The molecule has 0 spiro atoms. The molecule has 2 aromatic heterocycles. The Morgan fingerprint density at radius 3 is 2.26 bits per heavy atom. The molecule has 190 valence electrons. The van der Waals surface area contributed by atoms with Gasteiger partial charge in [0.2, 0.25) is 10.0 Å². The lowest BCUT2D eigenvalue weighted by Crippen LogP contribution is -2.41. The Morgan fingerprint density at radius 2 is 1.66 bits per heavy atom. The number of piperidine rings is 1. The number of ether oxygens (including phenoxy) is 1. The quantitative estimate of drug-likeness (QED) is 0.485. The van der Waals surface area contributed by atoms with E-state index in [9.17, 15) is 16.8 Å². The standard InChI is InChI=1S/C23H31N5O5S2/c1-23(17-33-4)11-14-27(15-12-23)22-20(9-10-21-24-13-16-28(21)22)25-34(29,30)18-5-7-19(8-6-18)35(31,32)26(2)3/h5-10,13,16,25H,11-12,14-15,17H2,1-4H3. The molecule has 0 atom stereocenters. The second kappa shape index (κ2) is 9.41. The number of anilines is 2. The van der Waals surface area contributed by atoms with E-state index >= 15 is 0 Å². The number of pyridine rings is 1. The monoisotopic (exact) mass is 521 g/mol. The van der Waals surface area contributed by atoms with Crippen LogP contribution in [0.2, 0.25) is 0 Å². The summed E-state index contributed by atoms with van der Waals surface area (Å²) in [6.45, 7) is 4.36. The number of imidazole rings is 1. The predicted molar refractivity (Wildman–Crippen MR) is 135 cm³/mol. The number of hydrogen-bond donors (Lipinski definition) is 1. The molecule has 0 aliphatic carbocycles. The fraction of sp³-hybridized carbons (Fsp3) is 0.435. The van der Waals surface area contributed by atoms with Crippen LogP contribution < -0.4 is 9.62 Å². The zero-order chi connectivity index (χ0) is 25.4. The van der Waals surface area contributed by atoms with E-state index in [0.29, 0.717) is 17.9 Å². The third kappa shape index (κ3) is 5.01. The van der Waals surface area contributed by atoms with E-state index in [1.54, 1.807) is 25.4 Å². The van der Waals surface area contributed by atoms with E-state index in [1.165, 1.54) is 38.4 Å². The van der Waals surface area contributed by atoms with Gasteiger partial charge >= 0.3 is 0 Å². The molecule has 10 nitrogen and oxygen atoms in total. The van der Waals surface area contributed by atoms with Crippen LogP contribution in [-0.2, 0) is 24.8 Å². The zero-order valence-electron chi connectivity index (χ0n) is 20.3. The number of aromatic nitrogens is 2. The van der Waals surface area contributed by atoms with E-state index in [-0.39, 0.29) is 15.2 Å². The molecule has 1 aliphatic heterocycles. The van der Waals surface area contributed by atoms with Gasteiger partial charge in [0.1, 0.15) is 11.5 Å². The smallest absolute Gasteiger partial charge is 0.262 e. The van der Waals surface area contributed by atoms with E-state index in [4.69, 9.17) is 4.74 Å². The third-order valence-corrected chi connectivity index (χ3v) is 9.67. The maximum absolute atomic E-state index is 13.3. The maximum atomic E-state index is 13.3. The average molecular weight is 522 g/mol. The highest BCUT2D eigenvalue weighted by atomic mass is 32.2. The molecule has 1 aliphatic rings. The minimum absolute atomic E-state index is 0.0226. The Balaban J connectivity index is 1.66.